The molecule has 1 atom stereocenters. The van der Waals surface area contributed by atoms with E-state index < -0.39 is 12.1 Å². The van der Waals surface area contributed by atoms with Gasteiger partial charge in [0.1, 0.15) is 0 Å². The second-order valence-electron chi connectivity index (χ2n) is 4.23. The van der Waals surface area contributed by atoms with Crippen LogP contribution >= 0.6 is 0 Å². The van der Waals surface area contributed by atoms with Gasteiger partial charge in [-0.1, -0.05) is 44.2 Å². The van der Waals surface area contributed by atoms with Gasteiger partial charge in [0.25, 0.3) is 0 Å². The van der Waals surface area contributed by atoms with Crippen LogP contribution in [0.15, 0.2) is 30.3 Å². The van der Waals surface area contributed by atoms with Gasteiger partial charge in [-0.15, -0.1) is 0 Å². The SMILES string of the molecule is CC(C)COC(=O)[C@H](O)Cc1ccccc1. The normalized spacial score (nSPS) is 12.5. The van der Waals surface area contributed by atoms with Gasteiger partial charge in [0.15, 0.2) is 6.10 Å². The molecule has 0 aromatic heterocycles. The number of rotatable bonds is 5. The van der Waals surface area contributed by atoms with Gasteiger partial charge in [0.05, 0.1) is 6.61 Å². The van der Waals surface area contributed by atoms with Gasteiger partial charge >= 0.3 is 5.97 Å². The third kappa shape index (κ3) is 4.45. The number of carbonyl (C=O) groups is 1. The summed E-state index contributed by atoms with van der Waals surface area (Å²) in [5.74, 6) is -0.259. The van der Waals surface area contributed by atoms with Crippen molar-refractivity contribution in [2.75, 3.05) is 6.61 Å². The van der Waals surface area contributed by atoms with E-state index in [1.54, 1.807) is 0 Å². The number of hydrogen-bond donors (Lipinski definition) is 1. The first kappa shape index (κ1) is 12.7. The van der Waals surface area contributed by atoms with Crippen molar-refractivity contribution in [3.8, 4) is 0 Å². The molecule has 0 aliphatic rings. The molecule has 0 unspecified atom stereocenters. The first-order valence-electron chi connectivity index (χ1n) is 5.48. The maximum Gasteiger partial charge on any atom is 0.335 e. The summed E-state index contributed by atoms with van der Waals surface area (Å²) in [6.07, 6.45) is -0.765. The van der Waals surface area contributed by atoms with E-state index in [2.05, 4.69) is 0 Å². The van der Waals surface area contributed by atoms with Gasteiger partial charge in [-0.05, 0) is 11.5 Å². The fourth-order valence-corrected chi connectivity index (χ4v) is 1.27. The highest BCUT2D eigenvalue weighted by Crippen LogP contribution is 2.05. The molecule has 0 amide bonds. The summed E-state index contributed by atoms with van der Waals surface area (Å²) in [7, 11) is 0. The smallest absolute Gasteiger partial charge is 0.335 e. The second-order valence-corrected chi connectivity index (χ2v) is 4.23. The highest BCUT2D eigenvalue weighted by atomic mass is 16.5. The van der Waals surface area contributed by atoms with E-state index in [4.69, 9.17) is 4.74 Å². The minimum absolute atomic E-state index is 0.285. The van der Waals surface area contributed by atoms with Crippen molar-refractivity contribution in [3.63, 3.8) is 0 Å². The van der Waals surface area contributed by atoms with Crippen LogP contribution in [-0.4, -0.2) is 23.8 Å². The van der Waals surface area contributed by atoms with Crippen molar-refractivity contribution in [1.29, 1.82) is 0 Å². The summed E-state index contributed by atoms with van der Waals surface area (Å²) in [6, 6.07) is 9.40. The Morgan fingerprint density at radius 3 is 2.50 bits per heavy atom. The first-order chi connectivity index (χ1) is 7.59. The Hall–Kier alpha value is -1.35. The average Bonchev–Trinajstić information content (AvgIpc) is 2.27. The maximum atomic E-state index is 11.4. The van der Waals surface area contributed by atoms with Gasteiger partial charge in [-0.2, -0.15) is 0 Å². The van der Waals surface area contributed by atoms with Crippen LogP contribution < -0.4 is 0 Å². The molecule has 0 aliphatic heterocycles. The minimum atomic E-state index is -1.07. The number of ether oxygens (including phenoxy) is 1. The molecule has 3 nitrogen and oxygen atoms in total. The zero-order valence-electron chi connectivity index (χ0n) is 9.72. The summed E-state index contributed by atoms with van der Waals surface area (Å²) in [5, 5.41) is 9.61. The average molecular weight is 222 g/mol. The summed E-state index contributed by atoms with van der Waals surface area (Å²) >= 11 is 0. The minimum Gasteiger partial charge on any atom is -0.463 e. The standard InChI is InChI=1S/C13H18O3/c1-10(2)9-16-13(15)12(14)8-11-6-4-3-5-7-11/h3-7,10,12,14H,8-9H2,1-2H3/t12-/m1/s1. The summed E-state index contributed by atoms with van der Waals surface area (Å²) in [5.41, 5.74) is 0.927. The van der Waals surface area contributed by atoms with Gasteiger partial charge in [-0.3, -0.25) is 0 Å². The molecular formula is C13H18O3. The molecule has 0 radical (unpaired) electrons. The van der Waals surface area contributed by atoms with Crippen LogP contribution in [0.3, 0.4) is 0 Å². The summed E-state index contributed by atoms with van der Waals surface area (Å²) in [4.78, 5) is 11.4. The molecule has 1 aromatic rings. The van der Waals surface area contributed by atoms with E-state index in [-0.39, 0.29) is 5.92 Å². The monoisotopic (exact) mass is 222 g/mol. The molecule has 16 heavy (non-hydrogen) atoms. The molecule has 0 saturated heterocycles. The Balaban J connectivity index is 2.40. The molecule has 0 aliphatic carbocycles. The molecule has 0 bridgehead atoms. The molecule has 1 rings (SSSR count). The molecule has 1 aromatic carbocycles. The van der Waals surface area contributed by atoms with E-state index >= 15 is 0 Å². The third-order valence-electron chi connectivity index (χ3n) is 2.10. The quantitative estimate of drug-likeness (QED) is 0.773. The molecule has 0 saturated carbocycles. The molecule has 88 valence electrons. The number of benzene rings is 1. The zero-order valence-corrected chi connectivity index (χ0v) is 9.72. The van der Waals surface area contributed by atoms with E-state index in [1.807, 2.05) is 44.2 Å². The van der Waals surface area contributed by atoms with Crippen molar-refractivity contribution in [3.05, 3.63) is 35.9 Å². The van der Waals surface area contributed by atoms with Crippen molar-refractivity contribution in [2.45, 2.75) is 26.4 Å². The van der Waals surface area contributed by atoms with Crippen LogP contribution in [-0.2, 0) is 16.0 Å². The van der Waals surface area contributed by atoms with Crippen molar-refractivity contribution in [1.82, 2.24) is 0 Å². The molecule has 0 fully saturated rings. The lowest BCUT2D eigenvalue weighted by molar-refractivity contribution is -0.154. The fourth-order valence-electron chi connectivity index (χ4n) is 1.27. The molecule has 0 spiro atoms. The molecule has 1 N–H and O–H groups in total. The van der Waals surface area contributed by atoms with Crippen molar-refractivity contribution >= 4 is 5.97 Å². The summed E-state index contributed by atoms with van der Waals surface area (Å²) in [6.45, 7) is 4.26. The fraction of sp³-hybridized carbons (Fsp3) is 0.462. The predicted molar refractivity (Wildman–Crippen MR) is 61.9 cm³/mol. The number of aliphatic hydroxyl groups excluding tert-OH is 1. The first-order valence-corrected chi connectivity index (χ1v) is 5.48. The van der Waals surface area contributed by atoms with Crippen LogP contribution in [0.2, 0.25) is 0 Å². The lowest BCUT2D eigenvalue weighted by atomic mass is 10.1. The van der Waals surface area contributed by atoms with Crippen LogP contribution in [0.25, 0.3) is 0 Å². The lowest BCUT2D eigenvalue weighted by Crippen LogP contribution is -2.26. The lowest BCUT2D eigenvalue weighted by Gasteiger charge is -2.12. The Kier molecular flexibility index (Phi) is 4.99. The van der Waals surface area contributed by atoms with Gasteiger partial charge < -0.3 is 9.84 Å². The Bertz CT molecular complexity index is 319. The predicted octanol–water partition coefficient (Wildman–Crippen LogP) is 1.79. The van der Waals surface area contributed by atoms with Crippen molar-refractivity contribution < 1.29 is 14.6 Å². The largest absolute Gasteiger partial charge is 0.463 e. The Morgan fingerprint density at radius 1 is 1.31 bits per heavy atom. The van der Waals surface area contributed by atoms with E-state index in [1.165, 1.54) is 0 Å². The Morgan fingerprint density at radius 2 is 1.94 bits per heavy atom. The van der Waals surface area contributed by atoms with E-state index in [0.717, 1.165) is 5.56 Å². The van der Waals surface area contributed by atoms with E-state index in [0.29, 0.717) is 13.0 Å². The number of aliphatic hydroxyl groups is 1. The number of hydrogen-bond acceptors (Lipinski definition) is 3. The van der Waals surface area contributed by atoms with Crippen LogP contribution in [0.5, 0.6) is 0 Å². The van der Waals surface area contributed by atoms with Crippen LogP contribution in [0, 0.1) is 5.92 Å². The highest BCUT2D eigenvalue weighted by Gasteiger charge is 2.17. The zero-order chi connectivity index (χ0) is 12.0. The summed E-state index contributed by atoms with van der Waals surface area (Å²) < 4.78 is 4.95. The topological polar surface area (TPSA) is 46.5 Å². The molecular weight excluding hydrogens is 204 g/mol. The maximum absolute atomic E-state index is 11.4. The Labute approximate surface area is 96.1 Å². The third-order valence-corrected chi connectivity index (χ3v) is 2.10. The second kappa shape index (κ2) is 6.28. The molecule has 0 heterocycles. The number of carbonyl (C=O) groups excluding carboxylic acids is 1. The van der Waals surface area contributed by atoms with Gasteiger partial charge in [0.2, 0.25) is 0 Å². The van der Waals surface area contributed by atoms with Gasteiger partial charge in [0, 0.05) is 6.42 Å². The highest BCUT2D eigenvalue weighted by molar-refractivity contribution is 5.74. The number of esters is 1. The van der Waals surface area contributed by atoms with Crippen LogP contribution in [0.1, 0.15) is 19.4 Å². The van der Waals surface area contributed by atoms with Crippen molar-refractivity contribution in [2.24, 2.45) is 5.92 Å². The molecule has 3 heteroatoms. The van der Waals surface area contributed by atoms with Crippen LogP contribution in [0.4, 0.5) is 0 Å². The van der Waals surface area contributed by atoms with E-state index in [9.17, 15) is 9.90 Å². The van der Waals surface area contributed by atoms with Gasteiger partial charge in [-0.25, -0.2) is 4.79 Å².